The van der Waals surface area contributed by atoms with Gasteiger partial charge in [-0.05, 0) is 12.8 Å². The Morgan fingerprint density at radius 1 is 0.395 bits per heavy atom. The summed E-state index contributed by atoms with van der Waals surface area (Å²) in [6, 6.07) is 0. The fourth-order valence-corrected chi connectivity index (χ4v) is 3.91. The molecule has 0 atom stereocenters. The van der Waals surface area contributed by atoms with Crippen LogP contribution in [0, 0.1) is 0 Å². The van der Waals surface area contributed by atoms with Gasteiger partial charge in [0.25, 0.3) is 0 Å². The summed E-state index contributed by atoms with van der Waals surface area (Å²) in [7, 11) is 0. The van der Waals surface area contributed by atoms with Crippen molar-refractivity contribution in [3.05, 3.63) is 0 Å². The zero-order valence-electron chi connectivity index (χ0n) is 25.1. The molecular weight excluding hydrogens is 488 g/mol. The molecule has 0 aliphatic carbocycles. The quantitative estimate of drug-likeness (QED) is 0.0768. The number of ether oxygens (including phenoxy) is 4. The monoisotopic (exact) mass is 544 g/mol. The molecule has 0 fully saturated rings. The van der Waals surface area contributed by atoms with Crippen molar-refractivity contribution in [3.8, 4) is 0 Å². The molecule has 224 valence electrons. The normalized spacial score (nSPS) is 10.5. The fourth-order valence-electron chi connectivity index (χ4n) is 3.91. The Bertz CT molecular complexity index is 521. The third-order valence-corrected chi connectivity index (χ3v) is 5.78. The Morgan fingerprint density at radius 3 is 0.816 bits per heavy atom. The summed E-state index contributed by atoms with van der Waals surface area (Å²) in [5.41, 5.74) is 0. The van der Waals surface area contributed by atoms with E-state index in [0.717, 1.165) is 25.7 Å². The van der Waals surface area contributed by atoms with Crippen LogP contribution in [0.2, 0.25) is 0 Å². The largest absolute Gasteiger partial charge is 0.425 e. The molecule has 0 amide bonds. The maximum atomic E-state index is 10.9. The van der Waals surface area contributed by atoms with E-state index in [-0.39, 0.29) is 0 Å². The Balaban J connectivity index is 0. The van der Waals surface area contributed by atoms with Gasteiger partial charge in [-0.3, -0.25) is 19.2 Å². The third-order valence-electron chi connectivity index (χ3n) is 5.78. The van der Waals surface area contributed by atoms with Crippen molar-refractivity contribution in [2.24, 2.45) is 0 Å². The molecule has 0 unspecified atom stereocenters. The predicted molar refractivity (Wildman–Crippen MR) is 149 cm³/mol. The molecule has 0 aliphatic heterocycles. The topological polar surface area (TPSA) is 105 Å². The third kappa shape index (κ3) is 31.9. The van der Waals surface area contributed by atoms with Crippen LogP contribution in [0.1, 0.15) is 157 Å². The highest BCUT2D eigenvalue weighted by Gasteiger charge is 2.15. The van der Waals surface area contributed by atoms with Gasteiger partial charge in [0.05, 0.1) is 0 Å². The van der Waals surface area contributed by atoms with Crippen LogP contribution >= 0.6 is 0 Å². The van der Waals surface area contributed by atoms with Crippen molar-refractivity contribution in [1.82, 2.24) is 0 Å². The SMILES string of the molecule is CCCCCCCCCCC(OC(C)=O)OC(C)=O.CCCCCCCCCCC(OC(C)=O)OC(C)=O. The average molecular weight is 545 g/mol. The van der Waals surface area contributed by atoms with Crippen LogP contribution in [0.4, 0.5) is 0 Å². The minimum atomic E-state index is -0.713. The Labute approximate surface area is 231 Å². The Kier molecular flexibility index (Phi) is 27.9. The minimum absolute atomic E-state index is 0.411. The van der Waals surface area contributed by atoms with Crippen LogP contribution in [-0.4, -0.2) is 36.5 Å². The number of rotatable bonds is 22. The summed E-state index contributed by atoms with van der Waals surface area (Å²) in [6.07, 6.45) is 19.1. The minimum Gasteiger partial charge on any atom is -0.425 e. The molecule has 0 N–H and O–H groups in total. The predicted octanol–water partition coefficient (Wildman–Crippen LogP) is 7.94. The maximum absolute atomic E-state index is 10.9. The van der Waals surface area contributed by atoms with Crippen molar-refractivity contribution >= 4 is 23.9 Å². The smallest absolute Gasteiger partial charge is 0.305 e. The molecule has 0 aromatic rings. The number of hydrogen-bond acceptors (Lipinski definition) is 8. The fraction of sp³-hybridized carbons (Fsp3) is 0.867. The van der Waals surface area contributed by atoms with Crippen LogP contribution in [0.5, 0.6) is 0 Å². The molecule has 0 rings (SSSR count). The van der Waals surface area contributed by atoms with E-state index in [2.05, 4.69) is 13.8 Å². The van der Waals surface area contributed by atoms with Crippen LogP contribution in [0.15, 0.2) is 0 Å². The maximum Gasteiger partial charge on any atom is 0.305 e. The van der Waals surface area contributed by atoms with Gasteiger partial charge in [0, 0.05) is 40.5 Å². The van der Waals surface area contributed by atoms with Crippen molar-refractivity contribution in [1.29, 1.82) is 0 Å². The lowest BCUT2D eigenvalue weighted by molar-refractivity contribution is -0.188. The molecule has 0 saturated heterocycles. The van der Waals surface area contributed by atoms with Crippen LogP contribution in [-0.2, 0) is 38.1 Å². The van der Waals surface area contributed by atoms with Gasteiger partial charge in [0.1, 0.15) is 0 Å². The van der Waals surface area contributed by atoms with Gasteiger partial charge < -0.3 is 18.9 Å². The second-order valence-corrected chi connectivity index (χ2v) is 9.82. The van der Waals surface area contributed by atoms with Gasteiger partial charge in [-0.2, -0.15) is 0 Å². The summed E-state index contributed by atoms with van der Waals surface area (Å²) in [5, 5.41) is 0. The molecule has 0 aliphatic rings. The number of esters is 4. The highest BCUT2D eigenvalue weighted by Crippen LogP contribution is 2.14. The first-order valence-corrected chi connectivity index (χ1v) is 14.8. The van der Waals surface area contributed by atoms with Crippen LogP contribution < -0.4 is 0 Å². The van der Waals surface area contributed by atoms with Gasteiger partial charge in [-0.15, -0.1) is 0 Å². The lowest BCUT2D eigenvalue weighted by Gasteiger charge is -2.16. The van der Waals surface area contributed by atoms with E-state index in [4.69, 9.17) is 18.9 Å². The average Bonchev–Trinajstić information content (AvgIpc) is 2.81. The molecule has 0 aromatic heterocycles. The van der Waals surface area contributed by atoms with Gasteiger partial charge >= 0.3 is 23.9 Å². The van der Waals surface area contributed by atoms with E-state index < -0.39 is 36.5 Å². The van der Waals surface area contributed by atoms with E-state index in [9.17, 15) is 19.2 Å². The molecule has 0 radical (unpaired) electrons. The van der Waals surface area contributed by atoms with Gasteiger partial charge in [-0.1, -0.05) is 104 Å². The number of carbonyl (C=O) groups excluding carboxylic acids is 4. The van der Waals surface area contributed by atoms with Crippen molar-refractivity contribution in [2.75, 3.05) is 0 Å². The molecule has 0 heterocycles. The van der Waals surface area contributed by atoms with Crippen LogP contribution in [0.3, 0.4) is 0 Å². The zero-order valence-corrected chi connectivity index (χ0v) is 25.1. The summed E-state index contributed by atoms with van der Waals surface area (Å²) < 4.78 is 19.8. The molecule has 0 saturated carbocycles. The summed E-state index contributed by atoms with van der Waals surface area (Å²) in [6.45, 7) is 9.72. The molecule has 8 heteroatoms. The molecule has 8 nitrogen and oxygen atoms in total. The summed E-state index contributed by atoms with van der Waals surface area (Å²) in [4.78, 5) is 43.4. The number of hydrogen-bond donors (Lipinski definition) is 0. The second kappa shape index (κ2) is 27.9. The van der Waals surface area contributed by atoms with Gasteiger partial charge in [-0.25, -0.2) is 0 Å². The Morgan fingerprint density at radius 2 is 0.605 bits per heavy atom. The first-order chi connectivity index (χ1) is 18.1. The highest BCUT2D eigenvalue weighted by molar-refractivity contribution is 5.68. The van der Waals surface area contributed by atoms with Crippen molar-refractivity contribution in [3.63, 3.8) is 0 Å². The first kappa shape index (κ1) is 38.0. The molecule has 0 aromatic carbocycles. The van der Waals surface area contributed by atoms with Gasteiger partial charge in [0.2, 0.25) is 12.6 Å². The zero-order chi connectivity index (χ0) is 29.0. The van der Waals surface area contributed by atoms with E-state index in [1.54, 1.807) is 0 Å². The number of unbranched alkanes of at least 4 members (excludes halogenated alkanes) is 14. The summed E-state index contributed by atoms with van der Waals surface area (Å²) >= 11 is 0. The van der Waals surface area contributed by atoms with E-state index >= 15 is 0 Å². The lowest BCUT2D eigenvalue weighted by Crippen LogP contribution is -2.22. The van der Waals surface area contributed by atoms with E-state index in [0.29, 0.717) is 12.8 Å². The lowest BCUT2D eigenvalue weighted by atomic mass is 10.1. The van der Waals surface area contributed by atoms with E-state index in [1.165, 1.54) is 105 Å². The summed E-state index contributed by atoms with van der Waals surface area (Å²) in [5.74, 6) is -1.65. The van der Waals surface area contributed by atoms with Crippen molar-refractivity contribution in [2.45, 2.75) is 170 Å². The molecule has 38 heavy (non-hydrogen) atoms. The standard InChI is InChI=1S/2C15H28O4/c2*1-4-5-6-7-8-9-10-11-12-15(18-13(2)16)19-14(3)17/h2*15H,4-12H2,1-3H3. The highest BCUT2D eigenvalue weighted by atomic mass is 16.7. The first-order valence-electron chi connectivity index (χ1n) is 14.8. The van der Waals surface area contributed by atoms with Crippen LogP contribution in [0.25, 0.3) is 0 Å². The van der Waals surface area contributed by atoms with E-state index in [1.807, 2.05) is 0 Å². The molecular formula is C30H56O8. The molecule has 0 spiro atoms. The van der Waals surface area contributed by atoms with Crippen molar-refractivity contribution < 1.29 is 38.1 Å². The molecule has 0 bridgehead atoms. The number of carbonyl (C=O) groups is 4. The Hall–Kier alpha value is -2.12. The van der Waals surface area contributed by atoms with Gasteiger partial charge in [0.15, 0.2) is 0 Å². The second-order valence-electron chi connectivity index (χ2n) is 9.82.